The zero-order chi connectivity index (χ0) is 21.8. The van der Waals surface area contributed by atoms with Gasteiger partial charge < -0.3 is 10.1 Å². The van der Waals surface area contributed by atoms with E-state index < -0.39 is 17.4 Å². The average Bonchev–Trinajstić information content (AvgIpc) is 3.20. The molecule has 8 nitrogen and oxygen atoms in total. The fourth-order valence-corrected chi connectivity index (χ4v) is 4.04. The van der Waals surface area contributed by atoms with Crippen LogP contribution in [-0.2, 0) is 16.1 Å². The molecule has 4 rings (SSSR count). The topological polar surface area (TPSA) is 103 Å². The van der Waals surface area contributed by atoms with E-state index in [1.165, 1.54) is 11.3 Å². The standard InChI is InChI=1S/C22H18N4O4S/c1-2-30-22(29)20-17(12-18(31-20)14-8-4-3-5-9-14)23-19(27)13-26-21(28)15-10-6-7-11-16(15)24-25-26/h3-12H,2,13H2,1H3,(H,23,27). The Morgan fingerprint density at radius 1 is 1.10 bits per heavy atom. The number of hydrogen-bond acceptors (Lipinski definition) is 7. The van der Waals surface area contributed by atoms with Crippen LogP contribution < -0.4 is 10.9 Å². The van der Waals surface area contributed by atoms with Gasteiger partial charge in [0.25, 0.3) is 5.56 Å². The largest absolute Gasteiger partial charge is 0.462 e. The third-order valence-electron chi connectivity index (χ3n) is 4.45. The molecule has 0 bridgehead atoms. The molecule has 156 valence electrons. The first-order valence-corrected chi connectivity index (χ1v) is 10.4. The molecule has 0 aliphatic carbocycles. The summed E-state index contributed by atoms with van der Waals surface area (Å²) in [4.78, 5) is 38.7. The number of hydrogen-bond donors (Lipinski definition) is 1. The Labute approximate surface area is 181 Å². The third kappa shape index (κ3) is 4.36. The van der Waals surface area contributed by atoms with E-state index in [2.05, 4.69) is 15.6 Å². The van der Waals surface area contributed by atoms with Gasteiger partial charge in [-0.3, -0.25) is 9.59 Å². The molecular weight excluding hydrogens is 416 g/mol. The van der Waals surface area contributed by atoms with E-state index in [1.807, 2.05) is 30.3 Å². The number of esters is 1. The minimum Gasteiger partial charge on any atom is -0.462 e. The summed E-state index contributed by atoms with van der Waals surface area (Å²) in [5.41, 5.74) is 1.28. The van der Waals surface area contributed by atoms with Gasteiger partial charge in [0.1, 0.15) is 16.9 Å². The number of thiophene rings is 1. The van der Waals surface area contributed by atoms with Gasteiger partial charge in [0.15, 0.2) is 0 Å². The number of fused-ring (bicyclic) bond motifs is 1. The number of amides is 1. The number of ether oxygens (including phenoxy) is 1. The van der Waals surface area contributed by atoms with Crippen LogP contribution in [0, 0.1) is 0 Å². The predicted molar refractivity (Wildman–Crippen MR) is 118 cm³/mol. The molecule has 9 heteroatoms. The van der Waals surface area contributed by atoms with Crippen molar-refractivity contribution < 1.29 is 14.3 Å². The molecule has 0 radical (unpaired) electrons. The molecule has 0 fully saturated rings. The maximum absolute atomic E-state index is 12.7. The van der Waals surface area contributed by atoms with Crippen molar-refractivity contribution in [1.29, 1.82) is 0 Å². The van der Waals surface area contributed by atoms with Crippen LogP contribution in [0.15, 0.2) is 65.5 Å². The molecular formula is C22H18N4O4S. The molecule has 0 unspecified atom stereocenters. The van der Waals surface area contributed by atoms with Crippen LogP contribution >= 0.6 is 11.3 Å². The number of aromatic nitrogens is 3. The zero-order valence-corrected chi connectivity index (χ0v) is 17.4. The van der Waals surface area contributed by atoms with E-state index in [9.17, 15) is 14.4 Å². The molecule has 2 heterocycles. The summed E-state index contributed by atoms with van der Waals surface area (Å²) in [6.07, 6.45) is 0. The van der Waals surface area contributed by atoms with E-state index in [0.717, 1.165) is 15.1 Å². The van der Waals surface area contributed by atoms with E-state index in [0.29, 0.717) is 16.6 Å². The molecule has 2 aromatic heterocycles. The second-order valence-electron chi connectivity index (χ2n) is 6.56. The highest BCUT2D eigenvalue weighted by atomic mass is 32.1. The van der Waals surface area contributed by atoms with Crippen molar-refractivity contribution in [1.82, 2.24) is 15.0 Å². The van der Waals surface area contributed by atoms with Crippen molar-refractivity contribution in [3.63, 3.8) is 0 Å². The summed E-state index contributed by atoms with van der Waals surface area (Å²) in [5.74, 6) is -1.03. The first-order chi connectivity index (χ1) is 15.1. The molecule has 0 atom stereocenters. The van der Waals surface area contributed by atoms with Crippen molar-refractivity contribution in [3.05, 3.63) is 75.9 Å². The highest BCUT2D eigenvalue weighted by Gasteiger charge is 2.20. The Balaban J connectivity index is 1.61. The maximum Gasteiger partial charge on any atom is 0.350 e. The van der Waals surface area contributed by atoms with Crippen molar-refractivity contribution in [2.45, 2.75) is 13.5 Å². The van der Waals surface area contributed by atoms with Gasteiger partial charge in [-0.15, -0.1) is 16.4 Å². The van der Waals surface area contributed by atoms with Crippen LogP contribution in [-0.4, -0.2) is 33.5 Å². The van der Waals surface area contributed by atoms with Crippen molar-refractivity contribution in [2.24, 2.45) is 0 Å². The Morgan fingerprint density at radius 2 is 1.84 bits per heavy atom. The molecule has 0 saturated carbocycles. The molecule has 2 aromatic carbocycles. The lowest BCUT2D eigenvalue weighted by Crippen LogP contribution is -2.30. The monoisotopic (exact) mass is 434 g/mol. The minimum atomic E-state index is -0.521. The predicted octanol–water partition coefficient (Wildman–Crippen LogP) is 3.34. The first kappa shape index (κ1) is 20.4. The summed E-state index contributed by atoms with van der Waals surface area (Å²) < 4.78 is 6.12. The SMILES string of the molecule is CCOC(=O)c1sc(-c2ccccc2)cc1NC(=O)Cn1nnc2ccccc2c1=O. The molecule has 1 amide bonds. The van der Waals surface area contributed by atoms with Crippen molar-refractivity contribution >= 4 is 39.8 Å². The smallest absolute Gasteiger partial charge is 0.350 e. The molecule has 4 aromatic rings. The van der Waals surface area contributed by atoms with Gasteiger partial charge in [-0.2, -0.15) is 0 Å². The van der Waals surface area contributed by atoms with Crippen molar-refractivity contribution in [2.75, 3.05) is 11.9 Å². The molecule has 1 N–H and O–H groups in total. The van der Waals surface area contributed by atoms with Gasteiger partial charge in [-0.1, -0.05) is 47.7 Å². The highest BCUT2D eigenvalue weighted by molar-refractivity contribution is 7.18. The Bertz CT molecular complexity index is 1310. The second-order valence-corrected chi connectivity index (χ2v) is 7.61. The summed E-state index contributed by atoms with van der Waals surface area (Å²) in [7, 11) is 0. The van der Waals surface area contributed by atoms with Gasteiger partial charge in [-0.05, 0) is 30.7 Å². The second kappa shape index (κ2) is 8.88. The average molecular weight is 434 g/mol. The first-order valence-electron chi connectivity index (χ1n) is 9.55. The fraction of sp³-hybridized carbons (Fsp3) is 0.136. The van der Waals surface area contributed by atoms with Crippen LogP contribution in [0.5, 0.6) is 0 Å². The molecule has 0 spiro atoms. The number of rotatable bonds is 6. The minimum absolute atomic E-state index is 0.215. The number of anilines is 1. The normalized spacial score (nSPS) is 10.7. The van der Waals surface area contributed by atoms with Gasteiger partial charge in [0, 0.05) is 4.88 Å². The molecule has 31 heavy (non-hydrogen) atoms. The van der Waals surface area contributed by atoms with Crippen LogP contribution in [0.3, 0.4) is 0 Å². The summed E-state index contributed by atoms with van der Waals surface area (Å²) in [6.45, 7) is 1.59. The van der Waals surface area contributed by atoms with E-state index in [-0.39, 0.29) is 18.0 Å². The van der Waals surface area contributed by atoms with E-state index >= 15 is 0 Å². The molecule has 0 aliphatic rings. The van der Waals surface area contributed by atoms with E-state index in [4.69, 9.17) is 4.74 Å². The lowest BCUT2D eigenvalue weighted by Gasteiger charge is -2.07. The maximum atomic E-state index is 12.7. The lowest BCUT2D eigenvalue weighted by molar-refractivity contribution is -0.117. The van der Waals surface area contributed by atoms with Crippen LogP contribution in [0.1, 0.15) is 16.6 Å². The highest BCUT2D eigenvalue weighted by Crippen LogP contribution is 2.35. The quantitative estimate of drug-likeness (QED) is 0.467. The molecule has 0 aliphatic heterocycles. The van der Waals surface area contributed by atoms with Crippen molar-refractivity contribution in [3.8, 4) is 10.4 Å². The number of carbonyl (C=O) groups is 2. The van der Waals surface area contributed by atoms with E-state index in [1.54, 1.807) is 37.3 Å². The Hall–Kier alpha value is -3.85. The fourth-order valence-electron chi connectivity index (χ4n) is 3.03. The van der Waals surface area contributed by atoms with Gasteiger partial charge in [0.05, 0.1) is 17.7 Å². The van der Waals surface area contributed by atoms with Gasteiger partial charge in [0.2, 0.25) is 5.91 Å². The number of nitrogens with zero attached hydrogens (tertiary/aromatic N) is 3. The number of benzene rings is 2. The third-order valence-corrected chi connectivity index (χ3v) is 5.61. The Morgan fingerprint density at radius 3 is 2.61 bits per heavy atom. The summed E-state index contributed by atoms with van der Waals surface area (Å²) in [5, 5.41) is 10.9. The van der Waals surface area contributed by atoms with Crippen LogP contribution in [0.25, 0.3) is 21.3 Å². The number of nitrogens with one attached hydrogen (secondary N) is 1. The molecule has 0 saturated heterocycles. The summed E-state index contributed by atoms with van der Waals surface area (Å²) >= 11 is 1.23. The summed E-state index contributed by atoms with van der Waals surface area (Å²) in [6, 6.07) is 18.0. The van der Waals surface area contributed by atoms with Crippen LogP contribution in [0.4, 0.5) is 5.69 Å². The van der Waals surface area contributed by atoms with Gasteiger partial charge >= 0.3 is 5.97 Å². The van der Waals surface area contributed by atoms with Gasteiger partial charge in [-0.25, -0.2) is 9.48 Å². The van der Waals surface area contributed by atoms with Crippen LogP contribution in [0.2, 0.25) is 0 Å². The number of carbonyl (C=O) groups excluding carboxylic acids is 2. The lowest BCUT2D eigenvalue weighted by atomic mass is 10.2. The zero-order valence-electron chi connectivity index (χ0n) is 16.6. The Kier molecular flexibility index (Phi) is 5.85.